The van der Waals surface area contributed by atoms with Gasteiger partial charge in [-0.3, -0.25) is 9.55 Å². The average molecular weight is 434 g/mol. The smallest absolute Gasteiger partial charge is 0.336 e. The molecule has 0 atom stereocenters. The fourth-order valence-electron chi connectivity index (χ4n) is 3.07. The summed E-state index contributed by atoms with van der Waals surface area (Å²) in [6, 6.07) is 8.40. The lowest BCUT2D eigenvalue weighted by molar-refractivity contribution is -0.137. The van der Waals surface area contributed by atoms with Gasteiger partial charge in [0.1, 0.15) is 0 Å². The molecule has 0 saturated carbocycles. The number of aromatic nitrogens is 4. The molecule has 1 saturated heterocycles. The van der Waals surface area contributed by atoms with Crippen molar-refractivity contribution in [2.75, 3.05) is 25.4 Å². The first-order valence-electron chi connectivity index (χ1n) is 9.12. The fraction of sp³-hybridized carbons (Fsp3) is 0.263. The minimum Gasteiger partial charge on any atom is -0.336 e. The van der Waals surface area contributed by atoms with E-state index in [0.717, 1.165) is 12.1 Å². The molecule has 4 rings (SSSR count). The number of alkyl halides is 3. The summed E-state index contributed by atoms with van der Waals surface area (Å²) in [6.45, 7) is 1.73. The first-order chi connectivity index (χ1) is 14.4. The van der Waals surface area contributed by atoms with Crippen molar-refractivity contribution in [3.8, 4) is 17.1 Å². The largest absolute Gasteiger partial charge is 0.416 e. The van der Waals surface area contributed by atoms with Crippen LogP contribution in [0.2, 0.25) is 0 Å². The van der Waals surface area contributed by atoms with Crippen molar-refractivity contribution in [1.29, 1.82) is 0 Å². The van der Waals surface area contributed by atoms with E-state index < -0.39 is 11.7 Å². The van der Waals surface area contributed by atoms with E-state index in [-0.39, 0.29) is 6.03 Å². The molecule has 1 aliphatic heterocycles. The zero-order chi connectivity index (χ0) is 21.1. The quantitative estimate of drug-likeness (QED) is 0.602. The number of carbonyl (C=O) groups is 1. The molecule has 3 aromatic rings. The molecule has 2 aromatic heterocycles. The van der Waals surface area contributed by atoms with E-state index in [1.807, 2.05) is 0 Å². The average Bonchev–Trinajstić information content (AvgIpc) is 3.34. The second-order valence-corrected chi connectivity index (χ2v) is 7.56. The SMILES string of the molecule is O=C1NCCN1CCSc1nnc(-c2cccnc2)n1-c1cccc(C(F)(F)F)c1. The monoisotopic (exact) mass is 434 g/mol. The molecule has 0 aliphatic carbocycles. The van der Waals surface area contributed by atoms with Crippen molar-refractivity contribution in [2.24, 2.45) is 0 Å². The number of hydrogen-bond donors (Lipinski definition) is 1. The van der Waals surface area contributed by atoms with Gasteiger partial charge in [-0.05, 0) is 30.3 Å². The first kappa shape index (κ1) is 20.2. The van der Waals surface area contributed by atoms with Crippen LogP contribution in [0, 0.1) is 0 Å². The Morgan fingerprint density at radius 3 is 2.73 bits per heavy atom. The molecule has 0 spiro atoms. The van der Waals surface area contributed by atoms with Crippen molar-refractivity contribution < 1.29 is 18.0 Å². The van der Waals surface area contributed by atoms with Gasteiger partial charge >= 0.3 is 12.2 Å². The highest BCUT2D eigenvalue weighted by Crippen LogP contribution is 2.33. The number of halogens is 3. The van der Waals surface area contributed by atoms with Crippen LogP contribution in [-0.4, -0.2) is 56.1 Å². The van der Waals surface area contributed by atoms with E-state index in [1.165, 1.54) is 17.8 Å². The van der Waals surface area contributed by atoms with Gasteiger partial charge in [0, 0.05) is 43.3 Å². The molecule has 30 heavy (non-hydrogen) atoms. The van der Waals surface area contributed by atoms with E-state index in [1.54, 1.807) is 40.1 Å². The van der Waals surface area contributed by atoms with Crippen LogP contribution >= 0.6 is 11.8 Å². The maximum Gasteiger partial charge on any atom is 0.416 e. The van der Waals surface area contributed by atoms with Crippen LogP contribution in [0.4, 0.5) is 18.0 Å². The highest BCUT2D eigenvalue weighted by molar-refractivity contribution is 7.99. The van der Waals surface area contributed by atoms with Gasteiger partial charge < -0.3 is 10.2 Å². The van der Waals surface area contributed by atoms with Gasteiger partial charge in [-0.15, -0.1) is 10.2 Å². The van der Waals surface area contributed by atoms with Gasteiger partial charge in [0.2, 0.25) is 0 Å². The summed E-state index contributed by atoms with van der Waals surface area (Å²) in [4.78, 5) is 17.4. The maximum atomic E-state index is 13.2. The van der Waals surface area contributed by atoms with E-state index >= 15 is 0 Å². The molecule has 2 amide bonds. The van der Waals surface area contributed by atoms with E-state index in [9.17, 15) is 18.0 Å². The Balaban J connectivity index is 1.67. The maximum absolute atomic E-state index is 13.2. The molecule has 3 heterocycles. The lowest BCUT2D eigenvalue weighted by Crippen LogP contribution is -2.30. The third-order valence-electron chi connectivity index (χ3n) is 4.52. The number of amides is 2. The molecule has 1 aromatic carbocycles. The van der Waals surface area contributed by atoms with Crippen LogP contribution in [0.25, 0.3) is 17.1 Å². The van der Waals surface area contributed by atoms with E-state index in [2.05, 4.69) is 20.5 Å². The summed E-state index contributed by atoms with van der Waals surface area (Å²) >= 11 is 1.33. The number of pyridine rings is 1. The molecule has 0 unspecified atom stereocenters. The van der Waals surface area contributed by atoms with Crippen molar-refractivity contribution in [3.63, 3.8) is 0 Å². The Labute approximate surface area is 174 Å². The highest BCUT2D eigenvalue weighted by atomic mass is 32.2. The number of benzene rings is 1. The Morgan fingerprint density at radius 1 is 1.17 bits per heavy atom. The number of carbonyl (C=O) groups excluding carboxylic acids is 1. The molecule has 156 valence electrons. The van der Waals surface area contributed by atoms with Gasteiger partial charge in [0.05, 0.1) is 11.3 Å². The molecular formula is C19H17F3N6OS. The molecule has 0 radical (unpaired) electrons. The summed E-state index contributed by atoms with van der Waals surface area (Å²) in [5.74, 6) is 0.918. The Kier molecular flexibility index (Phi) is 5.62. The minimum absolute atomic E-state index is 0.119. The minimum atomic E-state index is -4.46. The molecular weight excluding hydrogens is 417 g/mol. The standard InChI is InChI=1S/C19H17F3N6OS/c20-19(21,22)14-4-1-5-15(11-14)28-16(13-3-2-6-23-12-13)25-26-18(28)30-10-9-27-8-7-24-17(27)29/h1-6,11-12H,7-10H2,(H,24,29). The topological polar surface area (TPSA) is 75.9 Å². The lowest BCUT2D eigenvalue weighted by atomic mass is 10.2. The number of rotatable bonds is 6. The van der Waals surface area contributed by atoms with Crippen LogP contribution in [0.15, 0.2) is 53.9 Å². The Bertz CT molecular complexity index is 1040. The predicted molar refractivity (Wildman–Crippen MR) is 105 cm³/mol. The zero-order valence-electron chi connectivity index (χ0n) is 15.6. The third kappa shape index (κ3) is 4.25. The summed E-state index contributed by atoms with van der Waals surface area (Å²) in [6.07, 6.45) is -1.28. The second-order valence-electron chi connectivity index (χ2n) is 6.50. The molecule has 1 fully saturated rings. The molecule has 11 heteroatoms. The highest BCUT2D eigenvalue weighted by Gasteiger charge is 2.31. The summed E-state index contributed by atoms with van der Waals surface area (Å²) in [7, 11) is 0. The van der Waals surface area contributed by atoms with Gasteiger partial charge in [-0.25, -0.2) is 4.79 Å². The summed E-state index contributed by atoms with van der Waals surface area (Å²) < 4.78 is 41.3. The van der Waals surface area contributed by atoms with Crippen LogP contribution in [-0.2, 0) is 6.18 Å². The van der Waals surface area contributed by atoms with Gasteiger partial charge in [0.25, 0.3) is 0 Å². The van der Waals surface area contributed by atoms with Crippen molar-refractivity contribution in [2.45, 2.75) is 11.3 Å². The predicted octanol–water partition coefficient (Wildman–Crippen LogP) is 3.47. The van der Waals surface area contributed by atoms with Crippen molar-refractivity contribution >= 4 is 17.8 Å². The van der Waals surface area contributed by atoms with Crippen LogP contribution in [0.1, 0.15) is 5.56 Å². The Hall–Kier alpha value is -3.08. The Morgan fingerprint density at radius 2 is 2.03 bits per heavy atom. The van der Waals surface area contributed by atoms with Gasteiger partial charge in [0.15, 0.2) is 11.0 Å². The number of hydrogen-bond acceptors (Lipinski definition) is 5. The van der Waals surface area contributed by atoms with Crippen LogP contribution < -0.4 is 5.32 Å². The van der Waals surface area contributed by atoms with E-state index in [4.69, 9.17) is 0 Å². The van der Waals surface area contributed by atoms with Gasteiger partial charge in [-0.2, -0.15) is 13.2 Å². The van der Waals surface area contributed by atoms with Crippen molar-refractivity contribution in [1.82, 2.24) is 30.0 Å². The number of nitrogens with one attached hydrogen (secondary N) is 1. The van der Waals surface area contributed by atoms with Crippen molar-refractivity contribution in [3.05, 3.63) is 54.4 Å². The zero-order valence-corrected chi connectivity index (χ0v) is 16.5. The number of urea groups is 1. The number of nitrogens with zero attached hydrogens (tertiary/aromatic N) is 5. The van der Waals surface area contributed by atoms with Crippen LogP contribution in [0.3, 0.4) is 0 Å². The second kappa shape index (κ2) is 8.34. The molecule has 7 nitrogen and oxygen atoms in total. The summed E-state index contributed by atoms with van der Waals surface area (Å²) in [5, 5.41) is 11.6. The van der Waals surface area contributed by atoms with Crippen LogP contribution in [0.5, 0.6) is 0 Å². The van der Waals surface area contributed by atoms with E-state index in [0.29, 0.717) is 47.6 Å². The number of thioether (sulfide) groups is 1. The molecule has 1 N–H and O–H groups in total. The normalized spacial score (nSPS) is 14.2. The van der Waals surface area contributed by atoms with Gasteiger partial charge in [-0.1, -0.05) is 17.8 Å². The third-order valence-corrected chi connectivity index (χ3v) is 5.43. The first-order valence-corrected chi connectivity index (χ1v) is 10.1. The summed E-state index contributed by atoms with van der Waals surface area (Å²) in [5.41, 5.74) is 0.179. The fourth-order valence-corrected chi connectivity index (χ4v) is 3.98. The molecule has 1 aliphatic rings. The lowest BCUT2D eigenvalue weighted by Gasteiger charge is -2.15. The molecule has 0 bridgehead atoms.